The third kappa shape index (κ3) is 3.29. The lowest BCUT2D eigenvalue weighted by molar-refractivity contribution is -0.136. The van der Waals surface area contributed by atoms with Crippen LogP contribution in [0.5, 0.6) is 0 Å². The van der Waals surface area contributed by atoms with Gasteiger partial charge in [0.05, 0.1) is 0 Å². The maximum atomic E-state index is 11.4. The predicted molar refractivity (Wildman–Crippen MR) is 57.2 cm³/mol. The summed E-state index contributed by atoms with van der Waals surface area (Å²) in [6, 6.07) is 1.78. The molecule has 15 heavy (non-hydrogen) atoms. The highest BCUT2D eigenvalue weighted by Crippen LogP contribution is 2.07. The molecule has 0 aliphatic carbocycles. The Kier molecular flexibility index (Phi) is 3.83. The summed E-state index contributed by atoms with van der Waals surface area (Å²) in [5.74, 6) is -1.35. The van der Waals surface area contributed by atoms with Crippen molar-refractivity contribution in [2.24, 2.45) is 0 Å². The molecule has 0 fully saturated rings. The molecule has 1 heterocycles. The maximum absolute atomic E-state index is 11.4. The third-order valence-corrected chi connectivity index (χ3v) is 4.28. The molecule has 0 aromatic carbocycles. The molecular weight excluding hydrogens is 238 g/mol. The summed E-state index contributed by atoms with van der Waals surface area (Å²) < 4.78 is 25.0. The highest BCUT2D eigenvalue weighted by molar-refractivity contribution is 7.90. The number of carboxylic acids is 1. The molecule has 1 atom stereocenters. The second kappa shape index (κ2) is 4.73. The Balaban J connectivity index is 2.62. The van der Waals surface area contributed by atoms with Crippen molar-refractivity contribution in [1.82, 2.24) is 4.72 Å². The molecule has 2 N–H and O–H groups in total. The number of sulfonamides is 1. The summed E-state index contributed by atoms with van der Waals surface area (Å²) in [5, 5.41) is 10.7. The standard InChI is InChI=1S/C8H11NO4S2/c1-6(8(10)11)15(12,13)9-4-7-2-3-14-5-7/h2-3,5-6,9H,4H2,1H3,(H,10,11). The van der Waals surface area contributed by atoms with Crippen LogP contribution in [0, 0.1) is 0 Å². The van der Waals surface area contributed by atoms with E-state index in [1.54, 1.807) is 11.4 Å². The minimum atomic E-state index is -3.78. The van der Waals surface area contributed by atoms with Crippen LogP contribution in [0.1, 0.15) is 12.5 Å². The number of carboxylic acid groups (broad SMARTS) is 1. The minimum Gasteiger partial charge on any atom is -0.480 e. The fourth-order valence-corrected chi connectivity index (χ4v) is 2.39. The summed E-state index contributed by atoms with van der Waals surface area (Å²) in [6.45, 7) is 1.27. The number of carbonyl (C=O) groups is 1. The van der Waals surface area contributed by atoms with Crippen molar-refractivity contribution in [3.05, 3.63) is 22.4 Å². The zero-order chi connectivity index (χ0) is 11.5. The largest absolute Gasteiger partial charge is 0.480 e. The van der Waals surface area contributed by atoms with Gasteiger partial charge < -0.3 is 5.11 Å². The number of aliphatic carboxylic acids is 1. The molecule has 1 aromatic heterocycles. The average Bonchev–Trinajstić information content (AvgIpc) is 2.66. The summed E-state index contributed by atoms with van der Waals surface area (Å²) in [4.78, 5) is 10.5. The van der Waals surface area contributed by atoms with E-state index in [0.29, 0.717) is 0 Å². The van der Waals surface area contributed by atoms with Gasteiger partial charge in [-0.15, -0.1) is 0 Å². The van der Waals surface area contributed by atoms with Crippen LogP contribution in [0.4, 0.5) is 0 Å². The van der Waals surface area contributed by atoms with Crippen molar-refractivity contribution >= 4 is 27.3 Å². The van der Waals surface area contributed by atoms with E-state index in [2.05, 4.69) is 4.72 Å². The molecule has 84 valence electrons. The van der Waals surface area contributed by atoms with Crippen molar-refractivity contribution in [1.29, 1.82) is 0 Å². The molecular formula is C8H11NO4S2. The van der Waals surface area contributed by atoms with Crippen molar-refractivity contribution < 1.29 is 18.3 Å². The molecule has 0 saturated heterocycles. The second-order valence-electron chi connectivity index (χ2n) is 2.98. The maximum Gasteiger partial charge on any atom is 0.323 e. The quantitative estimate of drug-likeness (QED) is 0.802. The summed E-state index contributed by atoms with van der Waals surface area (Å²) in [5.41, 5.74) is 0.821. The first kappa shape index (κ1) is 12.2. The van der Waals surface area contributed by atoms with Gasteiger partial charge in [0.2, 0.25) is 10.0 Å². The van der Waals surface area contributed by atoms with Gasteiger partial charge in [0.15, 0.2) is 5.25 Å². The molecule has 0 radical (unpaired) electrons. The van der Waals surface area contributed by atoms with Gasteiger partial charge in [0.25, 0.3) is 0 Å². The fourth-order valence-electron chi connectivity index (χ4n) is 0.835. The Hall–Kier alpha value is -0.920. The number of rotatable bonds is 5. The van der Waals surface area contributed by atoms with E-state index in [1.807, 2.05) is 5.38 Å². The van der Waals surface area contributed by atoms with Crippen LogP contribution >= 0.6 is 11.3 Å². The first-order valence-electron chi connectivity index (χ1n) is 4.16. The Labute approximate surface area is 91.8 Å². The van der Waals surface area contributed by atoms with Crippen LogP contribution in [0.3, 0.4) is 0 Å². The molecule has 0 spiro atoms. The van der Waals surface area contributed by atoms with Crippen molar-refractivity contribution in [2.75, 3.05) is 0 Å². The summed E-state index contributed by atoms with van der Waals surface area (Å²) in [7, 11) is -3.78. The predicted octanol–water partition coefficient (Wildman–Crippen LogP) is 0.641. The zero-order valence-corrected chi connectivity index (χ0v) is 9.64. The third-order valence-electron chi connectivity index (χ3n) is 1.87. The van der Waals surface area contributed by atoms with Gasteiger partial charge in [-0.2, -0.15) is 11.3 Å². The lowest BCUT2D eigenvalue weighted by Gasteiger charge is -2.08. The van der Waals surface area contributed by atoms with E-state index >= 15 is 0 Å². The van der Waals surface area contributed by atoms with E-state index in [-0.39, 0.29) is 6.54 Å². The van der Waals surface area contributed by atoms with E-state index in [4.69, 9.17) is 5.11 Å². The zero-order valence-electron chi connectivity index (χ0n) is 8.00. The van der Waals surface area contributed by atoms with Gasteiger partial charge in [0, 0.05) is 6.54 Å². The van der Waals surface area contributed by atoms with Crippen molar-refractivity contribution in [2.45, 2.75) is 18.7 Å². The van der Waals surface area contributed by atoms with Gasteiger partial charge in [-0.05, 0) is 29.3 Å². The average molecular weight is 249 g/mol. The molecule has 0 amide bonds. The molecule has 1 rings (SSSR count). The molecule has 5 nitrogen and oxygen atoms in total. The second-order valence-corrected chi connectivity index (χ2v) is 5.84. The monoisotopic (exact) mass is 249 g/mol. The molecule has 0 aliphatic heterocycles. The van der Waals surface area contributed by atoms with Crippen LogP contribution < -0.4 is 4.72 Å². The SMILES string of the molecule is CC(C(=O)O)S(=O)(=O)NCc1ccsc1. The smallest absolute Gasteiger partial charge is 0.323 e. The van der Waals surface area contributed by atoms with Crippen LogP contribution in [-0.2, 0) is 21.4 Å². The Morgan fingerprint density at radius 2 is 2.33 bits per heavy atom. The van der Waals surface area contributed by atoms with Crippen molar-refractivity contribution in [3.8, 4) is 0 Å². The summed E-state index contributed by atoms with van der Waals surface area (Å²) in [6.07, 6.45) is 0. The first-order chi connectivity index (χ1) is 6.93. The van der Waals surface area contributed by atoms with Gasteiger partial charge in [0.1, 0.15) is 0 Å². The molecule has 1 unspecified atom stereocenters. The molecule has 7 heteroatoms. The highest BCUT2D eigenvalue weighted by atomic mass is 32.2. The number of thiophene rings is 1. The van der Waals surface area contributed by atoms with Gasteiger partial charge in [-0.25, -0.2) is 13.1 Å². The lowest BCUT2D eigenvalue weighted by Crippen LogP contribution is -2.36. The summed E-state index contributed by atoms with van der Waals surface area (Å²) >= 11 is 1.45. The Morgan fingerprint density at radius 1 is 1.67 bits per heavy atom. The van der Waals surface area contributed by atoms with Crippen LogP contribution in [-0.4, -0.2) is 24.7 Å². The molecule has 0 saturated carbocycles. The van der Waals surface area contributed by atoms with Crippen LogP contribution in [0.2, 0.25) is 0 Å². The number of nitrogens with one attached hydrogen (secondary N) is 1. The highest BCUT2D eigenvalue weighted by Gasteiger charge is 2.26. The number of hydrogen-bond donors (Lipinski definition) is 2. The van der Waals surface area contributed by atoms with Gasteiger partial charge >= 0.3 is 5.97 Å². The Bertz CT molecular complexity index is 424. The first-order valence-corrected chi connectivity index (χ1v) is 6.65. The number of hydrogen-bond acceptors (Lipinski definition) is 4. The van der Waals surface area contributed by atoms with Gasteiger partial charge in [-0.3, -0.25) is 4.79 Å². The van der Waals surface area contributed by atoms with Gasteiger partial charge in [-0.1, -0.05) is 0 Å². The van der Waals surface area contributed by atoms with Crippen molar-refractivity contribution in [3.63, 3.8) is 0 Å². The minimum absolute atomic E-state index is 0.128. The topological polar surface area (TPSA) is 83.5 Å². The van der Waals surface area contributed by atoms with E-state index in [0.717, 1.165) is 12.5 Å². The van der Waals surface area contributed by atoms with E-state index in [9.17, 15) is 13.2 Å². The molecule has 0 aliphatic rings. The lowest BCUT2D eigenvalue weighted by atomic mass is 10.4. The van der Waals surface area contributed by atoms with Crippen LogP contribution in [0.25, 0.3) is 0 Å². The Morgan fingerprint density at radius 3 is 2.80 bits per heavy atom. The van der Waals surface area contributed by atoms with E-state index in [1.165, 1.54) is 11.3 Å². The fraction of sp³-hybridized carbons (Fsp3) is 0.375. The van der Waals surface area contributed by atoms with E-state index < -0.39 is 21.2 Å². The molecule has 1 aromatic rings. The van der Waals surface area contributed by atoms with Crippen LogP contribution in [0.15, 0.2) is 16.8 Å². The normalized spacial score (nSPS) is 13.7. The molecule has 0 bridgehead atoms.